The lowest BCUT2D eigenvalue weighted by atomic mass is 10.0. The molecule has 8 heteroatoms. The van der Waals surface area contributed by atoms with Crippen LogP contribution in [0.15, 0.2) is 83.7 Å². The molecule has 0 bridgehead atoms. The molecule has 3 aromatic carbocycles. The van der Waals surface area contributed by atoms with Crippen LogP contribution in [0.2, 0.25) is 0 Å². The van der Waals surface area contributed by atoms with E-state index in [1.54, 1.807) is 36.4 Å². The highest BCUT2D eigenvalue weighted by molar-refractivity contribution is 7.90. The topological polar surface area (TPSA) is 107 Å². The van der Waals surface area contributed by atoms with E-state index < -0.39 is 10.2 Å². The minimum absolute atomic E-state index is 0.188. The van der Waals surface area contributed by atoms with Gasteiger partial charge in [0.25, 0.3) is 15.8 Å². The molecule has 0 aliphatic heterocycles. The fraction of sp³-hybridized carbons (Fsp3) is 0.0476. The van der Waals surface area contributed by atoms with Gasteiger partial charge in [0.15, 0.2) is 0 Å². The number of hydrogen-bond donors (Lipinski definition) is 2. The number of benzene rings is 3. The Bertz CT molecular complexity index is 1350. The number of hydrogen-bond acceptors (Lipinski definition) is 4. The van der Waals surface area contributed by atoms with E-state index in [-0.39, 0.29) is 5.56 Å². The number of nitrogens with two attached hydrogens (primary N) is 1. The predicted molar refractivity (Wildman–Crippen MR) is 114 cm³/mol. The van der Waals surface area contributed by atoms with Gasteiger partial charge in [0.05, 0.1) is 23.3 Å². The van der Waals surface area contributed by atoms with Gasteiger partial charge in [0, 0.05) is 10.9 Å². The molecule has 0 radical (unpaired) electrons. The summed E-state index contributed by atoms with van der Waals surface area (Å²) in [5.74, 6) is 0. The molecule has 4 aromatic rings. The van der Waals surface area contributed by atoms with Crippen molar-refractivity contribution in [3.8, 4) is 11.3 Å². The summed E-state index contributed by atoms with van der Waals surface area (Å²) in [5.41, 5.74) is 2.32. The molecule has 0 saturated heterocycles. The summed E-state index contributed by atoms with van der Waals surface area (Å²) in [5, 5.41) is 10.9. The second-order valence-electron chi connectivity index (χ2n) is 6.57. The van der Waals surface area contributed by atoms with E-state index in [2.05, 4.69) is 9.82 Å². The molecule has 0 atom stereocenters. The van der Waals surface area contributed by atoms with Gasteiger partial charge in [0.1, 0.15) is 0 Å². The Morgan fingerprint density at radius 3 is 2.31 bits per heavy atom. The third-order valence-corrected chi connectivity index (χ3v) is 4.96. The first-order chi connectivity index (χ1) is 13.9. The van der Waals surface area contributed by atoms with Crippen molar-refractivity contribution in [2.24, 2.45) is 5.14 Å². The molecular weight excluding hydrogens is 388 g/mol. The van der Waals surface area contributed by atoms with Gasteiger partial charge in [-0.1, -0.05) is 60.7 Å². The van der Waals surface area contributed by atoms with Crippen molar-refractivity contribution >= 4 is 26.7 Å². The van der Waals surface area contributed by atoms with E-state index in [0.29, 0.717) is 34.3 Å². The lowest BCUT2D eigenvalue weighted by molar-refractivity contribution is 0.603. The van der Waals surface area contributed by atoms with Crippen LogP contribution in [-0.4, -0.2) is 18.2 Å². The zero-order valence-electron chi connectivity index (χ0n) is 15.3. The average Bonchev–Trinajstić information content (AvgIpc) is 2.70. The quantitative estimate of drug-likeness (QED) is 0.531. The average molecular weight is 406 g/mol. The summed E-state index contributed by atoms with van der Waals surface area (Å²) in [4.78, 5) is 13.0. The van der Waals surface area contributed by atoms with E-state index in [1.165, 1.54) is 4.68 Å². The van der Waals surface area contributed by atoms with Gasteiger partial charge >= 0.3 is 0 Å². The van der Waals surface area contributed by atoms with Gasteiger partial charge < -0.3 is 0 Å². The summed E-state index contributed by atoms with van der Waals surface area (Å²) in [6.07, 6.45) is 0. The minimum Gasteiger partial charge on any atom is -0.271 e. The fourth-order valence-corrected chi connectivity index (χ4v) is 3.66. The molecule has 0 aliphatic rings. The summed E-state index contributed by atoms with van der Waals surface area (Å²) in [7, 11) is -3.90. The van der Waals surface area contributed by atoms with Crippen LogP contribution in [0, 0.1) is 0 Å². The lowest BCUT2D eigenvalue weighted by Crippen LogP contribution is -2.24. The second-order valence-corrected chi connectivity index (χ2v) is 7.86. The third-order valence-electron chi connectivity index (χ3n) is 4.44. The number of nitrogens with zero attached hydrogens (tertiary/aromatic N) is 2. The normalized spacial score (nSPS) is 11.5. The summed E-state index contributed by atoms with van der Waals surface area (Å²) in [6, 6.07) is 23.5. The number of fused-ring (bicyclic) bond motifs is 1. The van der Waals surface area contributed by atoms with Crippen molar-refractivity contribution in [3.63, 3.8) is 0 Å². The Kier molecular flexibility index (Phi) is 4.87. The molecule has 4 rings (SSSR count). The SMILES string of the molecule is NS(=O)(=O)Nc1cccc(-c2nn(Cc3ccccc3)c(=O)c3ccccc23)c1. The molecule has 0 amide bonds. The lowest BCUT2D eigenvalue weighted by Gasteiger charge is -2.12. The van der Waals surface area contributed by atoms with E-state index in [1.807, 2.05) is 42.5 Å². The first-order valence-electron chi connectivity index (χ1n) is 8.85. The third kappa shape index (κ3) is 4.18. The Balaban J connectivity index is 1.89. The molecule has 0 spiro atoms. The van der Waals surface area contributed by atoms with Crippen LogP contribution in [0.5, 0.6) is 0 Å². The predicted octanol–water partition coefficient (Wildman–Crippen LogP) is 2.73. The van der Waals surface area contributed by atoms with E-state index in [4.69, 9.17) is 5.14 Å². The summed E-state index contributed by atoms with van der Waals surface area (Å²) in [6.45, 7) is 0.326. The number of nitrogens with one attached hydrogen (secondary N) is 1. The Morgan fingerprint density at radius 1 is 0.897 bits per heavy atom. The van der Waals surface area contributed by atoms with Crippen LogP contribution < -0.4 is 15.4 Å². The molecule has 1 aromatic heterocycles. The van der Waals surface area contributed by atoms with E-state index in [9.17, 15) is 13.2 Å². The van der Waals surface area contributed by atoms with Gasteiger partial charge in [-0.25, -0.2) is 9.82 Å². The highest BCUT2D eigenvalue weighted by Gasteiger charge is 2.13. The molecule has 29 heavy (non-hydrogen) atoms. The maximum absolute atomic E-state index is 13.0. The first kappa shape index (κ1) is 18.9. The molecule has 0 saturated carbocycles. The van der Waals surface area contributed by atoms with Crippen LogP contribution in [0.25, 0.3) is 22.0 Å². The maximum Gasteiger partial charge on any atom is 0.296 e. The number of anilines is 1. The van der Waals surface area contributed by atoms with Crippen molar-refractivity contribution in [2.45, 2.75) is 6.54 Å². The standard InChI is InChI=1S/C21H18N4O3S/c22-29(27,28)24-17-10-6-9-16(13-17)20-18-11-4-5-12-19(18)21(26)25(23-20)14-15-7-2-1-3-8-15/h1-13,24H,14H2,(H2,22,27,28). The highest BCUT2D eigenvalue weighted by atomic mass is 32.2. The Hall–Kier alpha value is -3.49. The van der Waals surface area contributed by atoms with E-state index >= 15 is 0 Å². The second kappa shape index (κ2) is 7.50. The maximum atomic E-state index is 13.0. The Morgan fingerprint density at radius 2 is 1.59 bits per heavy atom. The molecular formula is C21H18N4O3S. The van der Waals surface area contributed by atoms with Gasteiger partial charge in [-0.15, -0.1) is 0 Å². The largest absolute Gasteiger partial charge is 0.296 e. The molecule has 0 fully saturated rings. The molecule has 7 nitrogen and oxygen atoms in total. The van der Waals surface area contributed by atoms with Crippen LogP contribution >= 0.6 is 0 Å². The fourth-order valence-electron chi connectivity index (χ4n) is 3.21. The summed E-state index contributed by atoms with van der Waals surface area (Å²) < 4.78 is 26.4. The van der Waals surface area contributed by atoms with Crippen LogP contribution in [-0.2, 0) is 16.8 Å². The van der Waals surface area contributed by atoms with Gasteiger partial charge in [-0.3, -0.25) is 9.52 Å². The first-order valence-corrected chi connectivity index (χ1v) is 10.4. The van der Waals surface area contributed by atoms with Gasteiger partial charge in [0.2, 0.25) is 0 Å². The molecule has 1 heterocycles. The zero-order chi connectivity index (χ0) is 20.4. The monoisotopic (exact) mass is 406 g/mol. The Labute approximate surface area is 167 Å². The van der Waals surface area contributed by atoms with Crippen molar-refractivity contribution < 1.29 is 8.42 Å². The van der Waals surface area contributed by atoms with Crippen molar-refractivity contribution in [1.82, 2.24) is 9.78 Å². The number of rotatable bonds is 5. The van der Waals surface area contributed by atoms with Gasteiger partial charge in [-0.2, -0.15) is 13.5 Å². The van der Waals surface area contributed by atoms with Gasteiger partial charge in [-0.05, 0) is 23.8 Å². The molecule has 3 N–H and O–H groups in total. The molecule has 146 valence electrons. The number of aromatic nitrogens is 2. The van der Waals surface area contributed by atoms with Crippen molar-refractivity contribution in [3.05, 3.63) is 94.8 Å². The van der Waals surface area contributed by atoms with Crippen LogP contribution in [0.3, 0.4) is 0 Å². The van der Waals surface area contributed by atoms with Crippen LogP contribution in [0.4, 0.5) is 5.69 Å². The van der Waals surface area contributed by atoms with E-state index in [0.717, 1.165) is 5.56 Å². The molecule has 0 aliphatic carbocycles. The highest BCUT2D eigenvalue weighted by Crippen LogP contribution is 2.27. The van der Waals surface area contributed by atoms with Crippen molar-refractivity contribution in [1.29, 1.82) is 0 Å². The minimum atomic E-state index is -3.90. The van der Waals surface area contributed by atoms with Crippen molar-refractivity contribution in [2.75, 3.05) is 4.72 Å². The van der Waals surface area contributed by atoms with Crippen LogP contribution in [0.1, 0.15) is 5.56 Å². The molecule has 0 unspecified atom stereocenters. The summed E-state index contributed by atoms with van der Waals surface area (Å²) >= 11 is 0. The smallest absolute Gasteiger partial charge is 0.271 e. The zero-order valence-corrected chi connectivity index (χ0v) is 16.1.